The molecule has 1 spiro atoms. The Labute approximate surface area is 278 Å². The van der Waals surface area contributed by atoms with Crippen molar-refractivity contribution in [3.05, 3.63) is 76.2 Å². The molecule has 0 saturated carbocycles. The van der Waals surface area contributed by atoms with Gasteiger partial charge in [0.2, 0.25) is 17.7 Å². The number of aromatic nitrogens is 1. The number of hydrogen-bond donors (Lipinski definition) is 4. The van der Waals surface area contributed by atoms with Crippen molar-refractivity contribution in [1.82, 2.24) is 31.2 Å². The maximum atomic E-state index is 14.0. The van der Waals surface area contributed by atoms with Crippen LogP contribution in [0.4, 0.5) is 0 Å². The molecular weight excluding hydrogens is 620 g/mol. The average molecular weight is 663 g/mol. The number of hydrogen-bond acceptors (Lipinski definition) is 9. The molecule has 12 nitrogen and oxygen atoms in total. The lowest BCUT2D eigenvalue weighted by Crippen LogP contribution is -2.61. The van der Waals surface area contributed by atoms with Crippen molar-refractivity contribution in [2.24, 2.45) is 0 Å². The molecule has 47 heavy (non-hydrogen) atoms. The SMILES string of the molecule is Cc1nc(CN2CCC3(CC2)Oc2ccc(cc2)OCCNC(=O)[C@H](C)NC(=O)[C@H](Cc2ccccc2)NC(=O)[C@H](C)NC3=O)cs1. The van der Waals surface area contributed by atoms with Crippen LogP contribution in [0.15, 0.2) is 60.0 Å². The summed E-state index contributed by atoms with van der Waals surface area (Å²) in [6.45, 7) is 7.42. The van der Waals surface area contributed by atoms with Gasteiger partial charge < -0.3 is 30.7 Å². The lowest BCUT2D eigenvalue weighted by molar-refractivity contribution is -0.144. The number of ether oxygens (including phenoxy) is 2. The molecule has 0 unspecified atom stereocenters. The minimum absolute atomic E-state index is 0.193. The third-order valence-electron chi connectivity index (χ3n) is 8.35. The molecule has 0 radical (unpaired) electrons. The Hall–Kier alpha value is -4.49. The number of piperidine rings is 1. The topological polar surface area (TPSA) is 151 Å². The molecular formula is C34H42N6O6S. The highest BCUT2D eigenvalue weighted by atomic mass is 32.1. The maximum Gasteiger partial charge on any atom is 0.264 e. The van der Waals surface area contributed by atoms with Crippen molar-refractivity contribution in [2.75, 3.05) is 26.2 Å². The van der Waals surface area contributed by atoms with E-state index in [1.54, 1.807) is 49.4 Å². The third-order valence-corrected chi connectivity index (χ3v) is 9.17. The van der Waals surface area contributed by atoms with Gasteiger partial charge in [0.15, 0.2) is 5.60 Å². The molecule has 2 bridgehead atoms. The Kier molecular flexibility index (Phi) is 11.1. The van der Waals surface area contributed by atoms with Gasteiger partial charge in [-0.05, 0) is 50.6 Å². The summed E-state index contributed by atoms with van der Waals surface area (Å²) in [7, 11) is 0. The van der Waals surface area contributed by atoms with Crippen LogP contribution < -0.4 is 30.7 Å². The lowest BCUT2D eigenvalue weighted by Gasteiger charge is -2.41. The summed E-state index contributed by atoms with van der Waals surface area (Å²) in [4.78, 5) is 60.4. The van der Waals surface area contributed by atoms with Crippen molar-refractivity contribution >= 4 is 35.0 Å². The first kappa shape index (κ1) is 33.9. The summed E-state index contributed by atoms with van der Waals surface area (Å²) in [5.74, 6) is -0.783. The first-order chi connectivity index (χ1) is 22.6. The van der Waals surface area contributed by atoms with Crippen LogP contribution in [0.1, 0.15) is 43.0 Å². The fourth-order valence-electron chi connectivity index (χ4n) is 5.61. The number of amides is 4. The summed E-state index contributed by atoms with van der Waals surface area (Å²) in [5, 5.41) is 14.2. The van der Waals surface area contributed by atoms with E-state index in [0.29, 0.717) is 44.0 Å². The van der Waals surface area contributed by atoms with E-state index in [9.17, 15) is 19.2 Å². The molecule has 3 aliphatic heterocycles. The largest absolute Gasteiger partial charge is 0.492 e. The van der Waals surface area contributed by atoms with Crippen LogP contribution >= 0.6 is 11.3 Å². The number of nitrogens with zero attached hydrogens (tertiary/aromatic N) is 2. The molecule has 4 N–H and O–H groups in total. The highest BCUT2D eigenvalue weighted by Gasteiger charge is 2.45. The molecule has 4 amide bonds. The number of likely N-dealkylation sites (tertiary alicyclic amines) is 1. The standard InChI is InChI=1S/C34H42N6O6S/c1-22-30(41)35-15-18-45-27-9-11-28(12-10-27)46-34(13-16-40(17-14-34)20-26-21-47-24(3)38-26)33(44)37-23(2)31(42)39-29(32(43)36-22)19-25-7-5-4-6-8-25/h4-12,21-23,29H,13-20H2,1-3H3,(H,35,41)(H,36,43)(H,37,44)(H,39,42)/t22-,23-,29-/m0/s1. The van der Waals surface area contributed by atoms with Gasteiger partial charge in [-0.1, -0.05) is 30.3 Å². The van der Waals surface area contributed by atoms with Crippen molar-refractivity contribution in [3.8, 4) is 11.5 Å². The highest BCUT2D eigenvalue weighted by molar-refractivity contribution is 7.09. The third kappa shape index (κ3) is 9.07. The highest BCUT2D eigenvalue weighted by Crippen LogP contribution is 2.31. The summed E-state index contributed by atoms with van der Waals surface area (Å²) >= 11 is 1.61. The minimum atomic E-state index is -1.23. The number of rotatable bonds is 4. The van der Waals surface area contributed by atoms with Gasteiger partial charge in [0, 0.05) is 44.3 Å². The van der Waals surface area contributed by atoms with Crippen molar-refractivity contribution in [1.29, 1.82) is 0 Å². The zero-order valence-corrected chi connectivity index (χ0v) is 27.7. The first-order valence-electron chi connectivity index (χ1n) is 15.9. The molecule has 1 saturated heterocycles. The molecule has 0 aliphatic carbocycles. The summed E-state index contributed by atoms with van der Waals surface area (Å²) < 4.78 is 12.2. The van der Waals surface area contributed by atoms with E-state index in [0.717, 1.165) is 16.3 Å². The maximum absolute atomic E-state index is 14.0. The number of carbonyl (C=O) groups is 4. The Morgan fingerprint density at radius 2 is 1.55 bits per heavy atom. The van der Waals surface area contributed by atoms with Crippen LogP contribution in [-0.4, -0.2) is 83.5 Å². The van der Waals surface area contributed by atoms with Crippen LogP contribution in [0.5, 0.6) is 11.5 Å². The van der Waals surface area contributed by atoms with E-state index >= 15 is 0 Å². The Bertz CT molecular complexity index is 1540. The van der Waals surface area contributed by atoms with Gasteiger partial charge in [-0.2, -0.15) is 0 Å². The molecule has 3 aromatic rings. The Morgan fingerprint density at radius 3 is 2.23 bits per heavy atom. The number of carbonyl (C=O) groups excluding carboxylic acids is 4. The van der Waals surface area contributed by atoms with Crippen molar-refractivity contribution < 1.29 is 28.7 Å². The number of aryl methyl sites for hydroxylation is 1. The average Bonchev–Trinajstić information content (AvgIpc) is 3.48. The minimum Gasteiger partial charge on any atom is -0.492 e. The van der Waals surface area contributed by atoms with Crippen LogP contribution in [0.2, 0.25) is 0 Å². The molecule has 3 aliphatic rings. The summed E-state index contributed by atoms with van der Waals surface area (Å²) in [6.07, 6.45) is 0.981. The van der Waals surface area contributed by atoms with Gasteiger partial charge >= 0.3 is 0 Å². The van der Waals surface area contributed by atoms with E-state index in [-0.39, 0.29) is 25.5 Å². The zero-order chi connectivity index (χ0) is 33.4. The summed E-state index contributed by atoms with van der Waals surface area (Å²) in [5.41, 5.74) is 0.590. The Balaban J connectivity index is 1.37. The number of nitrogens with one attached hydrogen (secondary N) is 4. The van der Waals surface area contributed by atoms with Gasteiger partial charge in [0.05, 0.1) is 17.2 Å². The first-order valence-corrected chi connectivity index (χ1v) is 16.8. The van der Waals surface area contributed by atoms with Gasteiger partial charge in [0.25, 0.3) is 5.91 Å². The number of benzene rings is 2. The second-order valence-electron chi connectivity index (χ2n) is 12.0. The number of fused-ring (bicyclic) bond motifs is 15. The van der Waals surface area contributed by atoms with Gasteiger partial charge in [-0.3, -0.25) is 24.1 Å². The molecule has 250 valence electrons. The van der Waals surface area contributed by atoms with Crippen molar-refractivity contribution in [3.63, 3.8) is 0 Å². The molecule has 13 heteroatoms. The fraction of sp³-hybridized carbons (Fsp3) is 0.441. The predicted molar refractivity (Wildman–Crippen MR) is 177 cm³/mol. The van der Waals surface area contributed by atoms with Crippen LogP contribution in [0.25, 0.3) is 0 Å². The van der Waals surface area contributed by atoms with Crippen molar-refractivity contribution in [2.45, 2.75) is 70.3 Å². The predicted octanol–water partition coefficient (Wildman–Crippen LogP) is 2.11. The van der Waals surface area contributed by atoms with Crippen LogP contribution in [0, 0.1) is 6.92 Å². The molecule has 2 aromatic carbocycles. The van der Waals surface area contributed by atoms with Crippen LogP contribution in [0.3, 0.4) is 0 Å². The smallest absolute Gasteiger partial charge is 0.264 e. The normalized spacial score (nSPS) is 23.1. The van der Waals surface area contributed by atoms with E-state index in [2.05, 4.69) is 31.2 Å². The van der Waals surface area contributed by atoms with E-state index in [4.69, 9.17) is 9.47 Å². The molecule has 4 heterocycles. The Morgan fingerprint density at radius 1 is 0.872 bits per heavy atom. The molecule has 3 atom stereocenters. The molecule has 6 rings (SSSR count). The van der Waals surface area contributed by atoms with Gasteiger partial charge in [0.1, 0.15) is 36.2 Å². The van der Waals surface area contributed by atoms with E-state index < -0.39 is 41.4 Å². The second kappa shape index (κ2) is 15.4. The zero-order valence-electron chi connectivity index (χ0n) is 26.9. The monoisotopic (exact) mass is 662 g/mol. The van der Waals surface area contributed by atoms with E-state index in [1.807, 2.05) is 42.6 Å². The van der Waals surface area contributed by atoms with Crippen LogP contribution in [-0.2, 0) is 32.1 Å². The molecule has 1 aromatic heterocycles. The fourth-order valence-corrected chi connectivity index (χ4v) is 6.22. The quantitative estimate of drug-likeness (QED) is 0.311. The lowest BCUT2D eigenvalue weighted by atomic mass is 9.89. The number of thiazole rings is 1. The van der Waals surface area contributed by atoms with E-state index in [1.165, 1.54) is 0 Å². The van der Waals surface area contributed by atoms with Gasteiger partial charge in [-0.25, -0.2) is 4.98 Å². The molecule has 1 fully saturated rings. The summed E-state index contributed by atoms with van der Waals surface area (Å²) in [6, 6.07) is 13.4. The van der Waals surface area contributed by atoms with Gasteiger partial charge in [-0.15, -0.1) is 11.3 Å². The second-order valence-corrected chi connectivity index (χ2v) is 13.1.